The normalized spacial score (nSPS) is 11.3. The highest BCUT2D eigenvalue weighted by Gasteiger charge is 1.93. The van der Waals surface area contributed by atoms with Gasteiger partial charge in [-0.05, 0) is 24.8 Å². The summed E-state index contributed by atoms with van der Waals surface area (Å²) in [4.78, 5) is 0. The van der Waals surface area contributed by atoms with E-state index in [0.717, 1.165) is 6.42 Å². The van der Waals surface area contributed by atoms with Crippen molar-refractivity contribution in [2.24, 2.45) is 0 Å². The van der Waals surface area contributed by atoms with Crippen molar-refractivity contribution in [3.05, 3.63) is 24.5 Å². The lowest BCUT2D eigenvalue weighted by atomic mass is 10.1. The van der Waals surface area contributed by atoms with Crippen molar-refractivity contribution in [2.45, 2.75) is 39.5 Å². The minimum atomic E-state index is 0.621. The second kappa shape index (κ2) is 8.38. The summed E-state index contributed by atoms with van der Waals surface area (Å²) in [6, 6.07) is 0. The molecule has 0 atom stereocenters. The van der Waals surface area contributed by atoms with E-state index in [1.807, 2.05) is 6.26 Å². The largest absolute Gasteiger partial charge is 0.497 e. The van der Waals surface area contributed by atoms with E-state index in [1.54, 1.807) is 6.08 Å². The highest BCUT2D eigenvalue weighted by Crippen LogP contribution is 2.10. The average molecular weight is 168 g/mol. The number of unbranched alkanes of at least 4 members (excludes halogenated alkanes) is 1. The van der Waals surface area contributed by atoms with Gasteiger partial charge in [-0.1, -0.05) is 32.9 Å². The molecular weight excluding hydrogens is 148 g/mol. The molecule has 0 aromatic heterocycles. The maximum atomic E-state index is 5.25. The first-order chi connectivity index (χ1) is 5.85. The lowest BCUT2D eigenvalue weighted by molar-refractivity contribution is 0.284. The molecule has 0 saturated carbocycles. The van der Waals surface area contributed by atoms with Crippen LogP contribution in [0.25, 0.3) is 0 Å². The van der Waals surface area contributed by atoms with E-state index in [9.17, 15) is 0 Å². The summed E-state index contributed by atoms with van der Waals surface area (Å²) in [6.07, 6.45) is 8.43. The van der Waals surface area contributed by atoms with Crippen LogP contribution >= 0.6 is 0 Å². The van der Waals surface area contributed by atoms with Gasteiger partial charge in [0.2, 0.25) is 0 Å². The van der Waals surface area contributed by atoms with Gasteiger partial charge in [0.1, 0.15) is 6.61 Å². The van der Waals surface area contributed by atoms with E-state index in [2.05, 4.69) is 20.4 Å². The van der Waals surface area contributed by atoms with Gasteiger partial charge in [-0.2, -0.15) is 0 Å². The van der Waals surface area contributed by atoms with Gasteiger partial charge < -0.3 is 4.74 Å². The summed E-state index contributed by atoms with van der Waals surface area (Å²) in [5.41, 5.74) is 1.40. The lowest BCUT2D eigenvalue weighted by Gasteiger charge is -2.03. The quantitative estimate of drug-likeness (QED) is 0.320. The highest BCUT2D eigenvalue weighted by molar-refractivity contribution is 4.96. The van der Waals surface area contributed by atoms with Gasteiger partial charge in [-0.25, -0.2) is 0 Å². The van der Waals surface area contributed by atoms with Gasteiger partial charge >= 0.3 is 0 Å². The fourth-order valence-electron chi connectivity index (χ4n) is 0.957. The monoisotopic (exact) mass is 168 g/mol. The second-order valence-electron chi connectivity index (χ2n) is 2.86. The van der Waals surface area contributed by atoms with Crippen molar-refractivity contribution in [1.29, 1.82) is 0 Å². The van der Waals surface area contributed by atoms with Crippen molar-refractivity contribution < 1.29 is 4.74 Å². The molecule has 0 bridgehead atoms. The molecule has 70 valence electrons. The van der Waals surface area contributed by atoms with Crippen LogP contribution in [0, 0.1) is 0 Å². The van der Waals surface area contributed by atoms with Crippen molar-refractivity contribution >= 4 is 0 Å². The molecule has 0 aromatic rings. The molecule has 1 heteroatoms. The third kappa shape index (κ3) is 6.02. The highest BCUT2D eigenvalue weighted by atomic mass is 16.5. The molecule has 0 unspecified atom stereocenters. The molecule has 0 aliphatic rings. The number of allylic oxidation sites excluding steroid dienone is 1. The first kappa shape index (κ1) is 11.3. The molecule has 0 radical (unpaired) electrons. The van der Waals surface area contributed by atoms with E-state index in [1.165, 1.54) is 24.8 Å². The Kier molecular flexibility index (Phi) is 7.87. The molecule has 0 aliphatic carbocycles. The minimum absolute atomic E-state index is 0.621. The van der Waals surface area contributed by atoms with Crippen LogP contribution in [0.3, 0.4) is 0 Å². The summed E-state index contributed by atoms with van der Waals surface area (Å²) < 4.78 is 5.25. The van der Waals surface area contributed by atoms with E-state index in [4.69, 9.17) is 4.74 Å². The maximum absolute atomic E-state index is 5.25. The molecular formula is C11H20O. The fraction of sp³-hybridized carbons (Fsp3) is 0.636. The van der Waals surface area contributed by atoms with Crippen LogP contribution in [0.1, 0.15) is 39.5 Å². The topological polar surface area (TPSA) is 9.23 Å². The molecule has 1 nitrogen and oxygen atoms in total. The van der Waals surface area contributed by atoms with Crippen molar-refractivity contribution in [2.75, 3.05) is 6.61 Å². The van der Waals surface area contributed by atoms with Crippen LogP contribution in [0.5, 0.6) is 0 Å². The van der Waals surface area contributed by atoms with Gasteiger partial charge in [0.15, 0.2) is 0 Å². The van der Waals surface area contributed by atoms with E-state index in [0.29, 0.717) is 6.61 Å². The molecule has 0 fully saturated rings. The Morgan fingerprint density at radius 2 is 2.17 bits per heavy atom. The van der Waals surface area contributed by atoms with Gasteiger partial charge in [0, 0.05) is 0 Å². The van der Waals surface area contributed by atoms with Gasteiger partial charge in [0.25, 0.3) is 0 Å². The SMILES string of the molecule is C=CCO/C=C(/CC)CCCC. The van der Waals surface area contributed by atoms with Gasteiger partial charge in [0.05, 0.1) is 6.26 Å². The van der Waals surface area contributed by atoms with Crippen molar-refractivity contribution in [3.8, 4) is 0 Å². The summed E-state index contributed by atoms with van der Waals surface area (Å²) in [5.74, 6) is 0. The Labute approximate surface area is 76.1 Å². The molecule has 0 aliphatic heterocycles. The Morgan fingerprint density at radius 1 is 1.42 bits per heavy atom. The Morgan fingerprint density at radius 3 is 2.67 bits per heavy atom. The van der Waals surface area contributed by atoms with Crippen LogP contribution in [0.4, 0.5) is 0 Å². The first-order valence-electron chi connectivity index (χ1n) is 4.75. The van der Waals surface area contributed by atoms with Crippen molar-refractivity contribution in [1.82, 2.24) is 0 Å². The molecule has 0 aromatic carbocycles. The Hall–Kier alpha value is -0.720. The lowest BCUT2D eigenvalue weighted by Crippen LogP contribution is -1.86. The van der Waals surface area contributed by atoms with Crippen LogP contribution in [-0.4, -0.2) is 6.61 Å². The summed E-state index contributed by atoms with van der Waals surface area (Å²) in [6.45, 7) is 8.58. The zero-order valence-electron chi connectivity index (χ0n) is 8.31. The molecule has 0 heterocycles. The van der Waals surface area contributed by atoms with E-state index >= 15 is 0 Å². The Bertz CT molecular complexity index is 136. The number of rotatable bonds is 7. The summed E-state index contributed by atoms with van der Waals surface area (Å²) >= 11 is 0. The van der Waals surface area contributed by atoms with Gasteiger partial charge in [-0.15, -0.1) is 0 Å². The maximum Gasteiger partial charge on any atom is 0.105 e. The standard InChI is InChI=1S/C11H20O/c1-4-7-8-11(6-3)10-12-9-5-2/h5,10H,2,4,6-9H2,1,3H3/b11-10-. The first-order valence-corrected chi connectivity index (χ1v) is 4.75. The van der Waals surface area contributed by atoms with Crippen LogP contribution < -0.4 is 0 Å². The minimum Gasteiger partial charge on any atom is -0.497 e. The zero-order chi connectivity index (χ0) is 9.23. The van der Waals surface area contributed by atoms with Crippen LogP contribution in [-0.2, 0) is 4.74 Å². The number of ether oxygens (including phenoxy) is 1. The van der Waals surface area contributed by atoms with Crippen LogP contribution in [0.2, 0.25) is 0 Å². The third-order valence-electron chi connectivity index (χ3n) is 1.77. The molecule has 0 amide bonds. The molecule has 0 spiro atoms. The Balaban J connectivity index is 3.62. The predicted octanol–water partition coefficient (Wildman–Crippen LogP) is 3.67. The zero-order valence-corrected chi connectivity index (χ0v) is 8.31. The number of hydrogen-bond acceptors (Lipinski definition) is 1. The predicted molar refractivity (Wildman–Crippen MR) is 54.0 cm³/mol. The summed E-state index contributed by atoms with van der Waals surface area (Å²) in [5, 5.41) is 0. The fourth-order valence-corrected chi connectivity index (χ4v) is 0.957. The van der Waals surface area contributed by atoms with Crippen LogP contribution in [0.15, 0.2) is 24.5 Å². The average Bonchev–Trinajstić information content (AvgIpc) is 2.11. The van der Waals surface area contributed by atoms with E-state index in [-0.39, 0.29) is 0 Å². The summed E-state index contributed by atoms with van der Waals surface area (Å²) in [7, 11) is 0. The third-order valence-corrected chi connectivity index (χ3v) is 1.77. The number of hydrogen-bond donors (Lipinski definition) is 0. The van der Waals surface area contributed by atoms with E-state index < -0.39 is 0 Å². The molecule has 0 rings (SSSR count). The molecule has 12 heavy (non-hydrogen) atoms. The molecule has 0 saturated heterocycles. The second-order valence-corrected chi connectivity index (χ2v) is 2.86. The van der Waals surface area contributed by atoms with Crippen molar-refractivity contribution in [3.63, 3.8) is 0 Å². The molecule has 0 N–H and O–H groups in total. The van der Waals surface area contributed by atoms with Gasteiger partial charge in [-0.3, -0.25) is 0 Å². The smallest absolute Gasteiger partial charge is 0.105 e.